The lowest BCUT2D eigenvalue weighted by atomic mass is 10.3. The van der Waals surface area contributed by atoms with Crippen molar-refractivity contribution in [1.82, 2.24) is 10.6 Å². The Labute approximate surface area is 111 Å². The maximum Gasteiger partial charge on any atom is 0.319 e. The van der Waals surface area contributed by atoms with Crippen LogP contribution in [0.4, 0.5) is 14.9 Å². The van der Waals surface area contributed by atoms with Gasteiger partial charge in [-0.05, 0) is 25.5 Å². The van der Waals surface area contributed by atoms with Gasteiger partial charge < -0.3 is 16.0 Å². The number of benzene rings is 1. The predicted octanol–water partition coefficient (Wildman–Crippen LogP) is 1.86. The maximum atomic E-state index is 13.3. The standard InChI is InChI=1S/C13H18FN3O2/c1-3-8-15-12(18)9(2)16-13(19)17-11-7-5-4-6-10(11)14/h4-7,9H,3,8H2,1-2H3,(H,15,18)(H2,16,17,19)/t9-/m0/s1. The highest BCUT2D eigenvalue weighted by atomic mass is 19.1. The van der Waals surface area contributed by atoms with Crippen LogP contribution in [0.1, 0.15) is 20.3 Å². The van der Waals surface area contributed by atoms with Crippen molar-refractivity contribution in [1.29, 1.82) is 0 Å². The van der Waals surface area contributed by atoms with Crippen molar-refractivity contribution in [3.63, 3.8) is 0 Å². The van der Waals surface area contributed by atoms with E-state index in [0.29, 0.717) is 6.54 Å². The van der Waals surface area contributed by atoms with Crippen LogP contribution in [-0.2, 0) is 4.79 Å². The highest BCUT2D eigenvalue weighted by Gasteiger charge is 2.15. The Morgan fingerprint density at radius 3 is 2.63 bits per heavy atom. The molecule has 0 aliphatic rings. The minimum Gasteiger partial charge on any atom is -0.354 e. The summed E-state index contributed by atoms with van der Waals surface area (Å²) in [6.07, 6.45) is 0.819. The lowest BCUT2D eigenvalue weighted by molar-refractivity contribution is -0.122. The number of hydrogen-bond acceptors (Lipinski definition) is 2. The van der Waals surface area contributed by atoms with Gasteiger partial charge in [0.15, 0.2) is 0 Å². The van der Waals surface area contributed by atoms with Gasteiger partial charge in [-0.25, -0.2) is 9.18 Å². The molecule has 104 valence electrons. The van der Waals surface area contributed by atoms with Crippen LogP contribution in [0.2, 0.25) is 0 Å². The van der Waals surface area contributed by atoms with E-state index in [1.165, 1.54) is 18.2 Å². The molecule has 0 aliphatic heterocycles. The molecule has 6 heteroatoms. The van der Waals surface area contributed by atoms with E-state index in [0.717, 1.165) is 6.42 Å². The topological polar surface area (TPSA) is 70.2 Å². The van der Waals surface area contributed by atoms with Gasteiger partial charge in [0.1, 0.15) is 11.9 Å². The molecule has 19 heavy (non-hydrogen) atoms. The molecule has 0 spiro atoms. The van der Waals surface area contributed by atoms with Crippen LogP contribution in [0.15, 0.2) is 24.3 Å². The van der Waals surface area contributed by atoms with Crippen LogP contribution in [0.25, 0.3) is 0 Å². The van der Waals surface area contributed by atoms with E-state index in [-0.39, 0.29) is 11.6 Å². The molecule has 1 aromatic carbocycles. The van der Waals surface area contributed by atoms with E-state index in [2.05, 4.69) is 16.0 Å². The molecule has 0 saturated heterocycles. The highest BCUT2D eigenvalue weighted by molar-refractivity contribution is 5.93. The van der Waals surface area contributed by atoms with Crippen LogP contribution in [-0.4, -0.2) is 24.5 Å². The molecule has 0 heterocycles. The summed E-state index contributed by atoms with van der Waals surface area (Å²) in [5.41, 5.74) is 0.0705. The molecule has 5 nitrogen and oxygen atoms in total. The van der Waals surface area contributed by atoms with Gasteiger partial charge in [0.05, 0.1) is 5.69 Å². The molecule has 0 aromatic heterocycles. The first-order chi connectivity index (χ1) is 9.04. The second kappa shape index (κ2) is 7.35. The summed E-state index contributed by atoms with van der Waals surface area (Å²) in [6, 6.07) is 4.52. The second-order valence-electron chi connectivity index (χ2n) is 4.09. The predicted molar refractivity (Wildman–Crippen MR) is 71.3 cm³/mol. The van der Waals surface area contributed by atoms with E-state index < -0.39 is 17.9 Å². The smallest absolute Gasteiger partial charge is 0.319 e. The number of hydrogen-bond donors (Lipinski definition) is 3. The molecular weight excluding hydrogens is 249 g/mol. The Hall–Kier alpha value is -2.11. The first kappa shape index (κ1) is 14.9. The summed E-state index contributed by atoms with van der Waals surface area (Å²) in [5.74, 6) is -0.800. The number of nitrogens with one attached hydrogen (secondary N) is 3. The van der Waals surface area contributed by atoms with Crippen molar-refractivity contribution in [2.45, 2.75) is 26.3 Å². The first-order valence-corrected chi connectivity index (χ1v) is 6.14. The fraction of sp³-hybridized carbons (Fsp3) is 0.385. The zero-order valence-electron chi connectivity index (χ0n) is 11.0. The Balaban J connectivity index is 2.47. The molecule has 0 aliphatic carbocycles. The molecular formula is C13H18FN3O2. The van der Waals surface area contributed by atoms with E-state index in [1.807, 2.05) is 6.92 Å². The van der Waals surface area contributed by atoms with Gasteiger partial charge in [-0.2, -0.15) is 0 Å². The van der Waals surface area contributed by atoms with Gasteiger partial charge >= 0.3 is 6.03 Å². The molecule has 3 amide bonds. The van der Waals surface area contributed by atoms with Crippen molar-refractivity contribution in [2.24, 2.45) is 0 Å². The highest BCUT2D eigenvalue weighted by Crippen LogP contribution is 2.11. The van der Waals surface area contributed by atoms with Crippen molar-refractivity contribution >= 4 is 17.6 Å². The molecule has 0 fully saturated rings. The van der Waals surface area contributed by atoms with E-state index in [1.54, 1.807) is 13.0 Å². The van der Waals surface area contributed by atoms with Crippen molar-refractivity contribution in [3.8, 4) is 0 Å². The Morgan fingerprint density at radius 2 is 2.00 bits per heavy atom. The van der Waals surface area contributed by atoms with Crippen molar-refractivity contribution in [3.05, 3.63) is 30.1 Å². The third-order valence-electron chi connectivity index (χ3n) is 2.41. The average Bonchev–Trinajstić information content (AvgIpc) is 2.38. The minimum absolute atomic E-state index is 0.0705. The monoisotopic (exact) mass is 267 g/mol. The summed E-state index contributed by atoms with van der Waals surface area (Å²) in [7, 11) is 0. The third-order valence-corrected chi connectivity index (χ3v) is 2.41. The lowest BCUT2D eigenvalue weighted by Crippen LogP contribution is -2.46. The Kier molecular flexibility index (Phi) is 5.78. The number of carbonyl (C=O) groups excluding carboxylic acids is 2. The number of carbonyl (C=O) groups is 2. The zero-order chi connectivity index (χ0) is 14.3. The summed E-state index contributed by atoms with van der Waals surface area (Å²) in [6.45, 7) is 4.05. The van der Waals surface area contributed by atoms with Gasteiger partial charge in [0.25, 0.3) is 0 Å². The van der Waals surface area contributed by atoms with E-state index in [9.17, 15) is 14.0 Å². The molecule has 0 saturated carbocycles. The molecule has 1 rings (SSSR count). The first-order valence-electron chi connectivity index (χ1n) is 6.14. The van der Waals surface area contributed by atoms with Gasteiger partial charge in [-0.3, -0.25) is 4.79 Å². The van der Waals surface area contributed by atoms with Crippen LogP contribution in [0.5, 0.6) is 0 Å². The molecule has 0 bridgehead atoms. The van der Waals surface area contributed by atoms with Gasteiger partial charge in [-0.1, -0.05) is 19.1 Å². The maximum absolute atomic E-state index is 13.3. The number of halogens is 1. The fourth-order valence-corrected chi connectivity index (χ4v) is 1.38. The number of rotatable bonds is 5. The van der Waals surface area contributed by atoms with Crippen LogP contribution in [0, 0.1) is 5.82 Å². The molecule has 0 unspecified atom stereocenters. The summed E-state index contributed by atoms with van der Waals surface area (Å²) in [4.78, 5) is 23.1. The zero-order valence-corrected chi connectivity index (χ0v) is 11.0. The summed E-state index contributed by atoms with van der Waals surface area (Å²) in [5, 5.41) is 7.44. The minimum atomic E-state index is -0.682. The summed E-state index contributed by atoms with van der Waals surface area (Å²) < 4.78 is 13.3. The third kappa shape index (κ3) is 4.95. The quantitative estimate of drug-likeness (QED) is 0.762. The van der Waals surface area contributed by atoms with Crippen molar-refractivity contribution < 1.29 is 14.0 Å². The van der Waals surface area contributed by atoms with Crippen molar-refractivity contribution in [2.75, 3.05) is 11.9 Å². The normalized spacial score (nSPS) is 11.5. The van der Waals surface area contributed by atoms with Crippen LogP contribution in [0.3, 0.4) is 0 Å². The van der Waals surface area contributed by atoms with Crippen LogP contribution >= 0.6 is 0 Å². The number of urea groups is 1. The largest absolute Gasteiger partial charge is 0.354 e. The fourth-order valence-electron chi connectivity index (χ4n) is 1.38. The number of para-hydroxylation sites is 1. The molecule has 1 atom stereocenters. The van der Waals surface area contributed by atoms with E-state index in [4.69, 9.17) is 0 Å². The van der Waals surface area contributed by atoms with Gasteiger partial charge in [-0.15, -0.1) is 0 Å². The Morgan fingerprint density at radius 1 is 1.32 bits per heavy atom. The van der Waals surface area contributed by atoms with E-state index >= 15 is 0 Å². The molecule has 0 radical (unpaired) electrons. The number of anilines is 1. The lowest BCUT2D eigenvalue weighted by Gasteiger charge is -2.14. The number of amides is 3. The summed E-state index contributed by atoms with van der Waals surface area (Å²) >= 11 is 0. The van der Waals surface area contributed by atoms with Gasteiger partial charge in [0, 0.05) is 6.54 Å². The Bertz CT molecular complexity index is 451. The van der Waals surface area contributed by atoms with Crippen LogP contribution < -0.4 is 16.0 Å². The van der Waals surface area contributed by atoms with Gasteiger partial charge in [0.2, 0.25) is 5.91 Å². The molecule has 1 aromatic rings. The average molecular weight is 267 g/mol. The SMILES string of the molecule is CCCNC(=O)[C@H](C)NC(=O)Nc1ccccc1F. The molecule has 3 N–H and O–H groups in total. The second-order valence-corrected chi connectivity index (χ2v) is 4.09.